The lowest BCUT2D eigenvalue weighted by atomic mass is 9.97. The maximum atomic E-state index is 11.9. The highest BCUT2D eigenvalue weighted by Gasteiger charge is 2.19. The molecule has 1 aromatic heterocycles. The molecule has 0 fully saturated rings. The van der Waals surface area contributed by atoms with E-state index in [-0.39, 0.29) is 5.91 Å². The highest BCUT2D eigenvalue weighted by molar-refractivity contribution is 5.75. The summed E-state index contributed by atoms with van der Waals surface area (Å²) in [5.74, 6) is 1.44. The Morgan fingerprint density at radius 2 is 2.32 bits per heavy atom. The molecule has 0 saturated carbocycles. The van der Waals surface area contributed by atoms with E-state index in [2.05, 4.69) is 16.4 Å². The fourth-order valence-corrected chi connectivity index (χ4v) is 2.71. The summed E-state index contributed by atoms with van der Waals surface area (Å²) in [5, 5.41) is 3.02. The Bertz CT molecular complexity index is 610. The molecule has 1 aromatic carbocycles. The number of nitrogens with zero attached hydrogens (tertiary/aromatic N) is 2. The van der Waals surface area contributed by atoms with Crippen LogP contribution in [0, 0.1) is 5.92 Å². The van der Waals surface area contributed by atoms with Gasteiger partial charge in [0, 0.05) is 37.8 Å². The van der Waals surface area contributed by atoms with Crippen molar-refractivity contribution >= 4 is 5.91 Å². The van der Waals surface area contributed by atoms with Gasteiger partial charge in [0.05, 0.1) is 12.9 Å². The number of aromatic nitrogens is 2. The summed E-state index contributed by atoms with van der Waals surface area (Å²) in [6, 6.07) is 8.11. The van der Waals surface area contributed by atoms with Gasteiger partial charge in [-0.15, -0.1) is 0 Å². The van der Waals surface area contributed by atoms with Gasteiger partial charge in [0.15, 0.2) is 0 Å². The summed E-state index contributed by atoms with van der Waals surface area (Å²) in [4.78, 5) is 15.9. The SMILES string of the molecule is O=C(CCCn1ccnc1)NC[C@H]1COc2ccccc2C1. The Morgan fingerprint density at radius 3 is 3.18 bits per heavy atom. The predicted molar refractivity (Wildman–Crippen MR) is 83.6 cm³/mol. The molecule has 0 unspecified atom stereocenters. The first kappa shape index (κ1) is 14.6. The van der Waals surface area contributed by atoms with E-state index in [1.165, 1.54) is 5.56 Å². The molecule has 0 aliphatic carbocycles. The number of amides is 1. The molecule has 0 radical (unpaired) electrons. The quantitative estimate of drug-likeness (QED) is 0.888. The second kappa shape index (κ2) is 7.11. The molecule has 1 N–H and O–H groups in total. The molecule has 1 amide bonds. The minimum atomic E-state index is 0.110. The molecule has 116 valence electrons. The van der Waals surface area contributed by atoms with Gasteiger partial charge >= 0.3 is 0 Å². The van der Waals surface area contributed by atoms with Gasteiger partial charge in [-0.05, 0) is 24.5 Å². The van der Waals surface area contributed by atoms with E-state index in [9.17, 15) is 4.79 Å². The van der Waals surface area contributed by atoms with Crippen LogP contribution in [-0.4, -0.2) is 28.6 Å². The lowest BCUT2D eigenvalue weighted by Crippen LogP contribution is -2.34. The number of nitrogens with one attached hydrogen (secondary N) is 1. The lowest BCUT2D eigenvalue weighted by molar-refractivity contribution is -0.121. The number of hydrogen-bond acceptors (Lipinski definition) is 3. The third-order valence-electron chi connectivity index (χ3n) is 3.92. The monoisotopic (exact) mass is 299 g/mol. The van der Waals surface area contributed by atoms with Crippen LogP contribution in [0.25, 0.3) is 0 Å². The molecular formula is C17H21N3O2. The first-order chi connectivity index (χ1) is 10.8. The zero-order valence-electron chi connectivity index (χ0n) is 12.6. The van der Waals surface area contributed by atoms with Crippen LogP contribution in [0.5, 0.6) is 5.75 Å². The van der Waals surface area contributed by atoms with Crippen molar-refractivity contribution in [1.29, 1.82) is 0 Å². The minimum Gasteiger partial charge on any atom is -0.493 e. The van der Waals surface area contributed by atoms with Gasteiger partial charge in [-0.1, -0.05) is 18.2 Å². The first-order valence-electron chi connectivity index (χ1n) is 7.74. The summed E-state index contributed by atoms with van der Waals surface area (Å²) < 4.78 is 7.72. The van der Waals surface area contributed by atoms with Gasteiger partial charge in [-0.3, -0.25) is 4.79 Å². The third-order valence-corrected chi connectivity index (χ3v) is 3.92. The lowest BCUT2D eigenvalue weighted by Gasteiger charge is -2.25. The summed E-state index contributed by atoms with van der Waals surface area (Å²) in [7, 11) is 0. The largest absolute Gasteiger partial charge is 0.493 e. The number of para-hydroxylation sites is 1. The molecule has 1 aliphatic heterocycles. The number of rotatable bonds is 6. The van der Waals surface area contributed by atoms with E-state index in [1.54, 1.807) is 12.5 Å². The molecule has 0 saturated heterocycles. The number of imidazole rings is 1. The Balaban J connectivity index is 1.37. The van der Waals surface area contributed by atoms with Gasteiger partial charge in [0.1, 0.15) is 5.75 Å². The topological polar surface area (TPSA) is 56.2 Å². The highest BCUT2D eigenvalue weighted by Crippen LogP contribution is 2.26. The van der Waals surface area contributed by atoms with E-state index in [4.69, 9.17) is 4.74 Å². The van der Waals surface area contributed by atoms with Crippen LogP contribution < -0.4 is 10.1 Å². The maximum Gasteiger partial charge on any atom is 0.220 e. The van der Waals surface area contributed by atoms with Crippen LogP contribution in [0.4, 0.5) is 0 Å². The number of carbonyl (C=O) groups is 1. The number of fused-ring (bicyclic) bond motifs is 1. The zero-order chi connectivity index (χ0) is 15.2. The van der Waals surface area contributed by atoms with Crippen LogP contribution in [0.15, 0.2) is 43.0 Å². The van der Waals surface area contributed by atoms with Crippen molar-refractivity contribution < 1.29 is 9.53 Å². The summed E-state index contributed by atoms with van der Waals surface area (Å²) in [6.07, 6.45) is 7.77. The van der Waals surface area contributed by atoms with E-state index in [1.807, 2.05) is 29.0 Å². The fraction of sp³-hybridized carbons (Fsp3) is 0.412. The van der Waals surface area contributed by atoms with Crippen molar-refractivity contribution in [1.82, 2.24) is 14.9 Å². The molecule has 5 heteroatoms. The molecule has 2 aromatic rings. The van der Waals surface area contributed by atoms with Gasteiger partial charge in [-0.25, -0.2) is 4.98 Å². The second-order valence-electron chi connectivity index (χ2n) is 5.70. The normalized spacial score (nSPS) is 16.6. The summed E-state index contributed by atoms with van der Waals surface area (Å²) in [5.41, 5.74) is 1.23. The average molecular weight is 299 g/mol. The standard InChI is InChI=1S/C17H21N3O2/c21-17(6-3-8-20-9-7-18-13-20)19-11-14-10-15-4-1-2-5-16(15)22-12-14/h1-2,4-5,7,9,13-14H,3,6,8,10-12H2,(H,19,21)/t14-/m0/s1. The van der Waals surface area contributed by atoms with E-state index >= 15 is 0 Å². The molecule has 5 nitrogen and oxygen atoms in total. The van der Waals surface area contributed by atoms with Gasteiger partial charge < -0.3 is 14.6 Å². The Labute approximate surface area is 130 Å². The number of benzene rings is 1. The van der Waals surface area contributed by atoms with Crippen molar-refractivity contribution in [3.63, 3.8) is 0 Å². The summed E-state index contributed by atoms with van der Waals surface area (Å²) >= 11 is 0. The number of hydrogen-bond donors (Lipinski definition) is 1. The fourth-order valence-electron chi connectivity index (χ4n) is 2.71. The molecule has 0 bridgehead atoms. The van der Waals surface area contributed by atoms with Crippen LogP contribution in [0.1, 0.15) is 18.4 Å². The van der Waals surface area contributed by atoms with Crippen LogP contribution >= 0.6 is 0 Å². The molecule has 0 spiro atoms. The third kappa shape index (κ3) is 3.87. The van der Waals surface area contributed by atoms with E-state index in [0.717, 1.165) is 25.1 Å². The van der Waals surface area contributed by atoms with Crippen molar-refractivity contribution in [3.05, 3.63) is 48.5 Å². The predicted octanol–water partition coefficient (Wildman–Crippen LogP) is 2.03. The number of ether oxygens (including phenoxy) is 1. The second-order valence-corrected chi connectivity index (χ2v) is 5.70. The number of aryl methyl sites for hydroxylation is 1. The Kier molecular flexibility index (Phi) is 4.73. The highest BCUT2D eigenvalue weighted by atomic mass is 16.5. The van der Waals surface area contributed by atoms with E-state index < -0.39 is 0 Å². The molecule has 2 heterocycles. The van der Waals surface area contributed by atoms with Gasteiger partial charge in [-0.2, -0.15) is 0 Å². The van der Waals surface area contributed by atoms with E-state index in [0.29, 0.717) is 25.5 Å². The summed E-state index contributed by atoms with van der Waals surface area (Å²) in [6.45, 7) is 2.18. The van der Waals surface area contributed by atoms with Crippen molar-refractivity contribution in [2.75, 3.05) is 13.2 Å². The smallest absolute Gasteiger partial charge is 0.220 e. The molecule has 3 rings (SSSR count). The van der Waals surface area contributed by atoms with Crippen molar-refractivity contribution in [3.8, 4) is 5.75 Å². The molecular weight excluding hydrogens is 278 g/mol. The van der Waals surface area contributed by atoms with Gasteiger partial charge in [0.2, 0.25) is 5.91 Å². The molecule has 1 aliphatic rings. The molecule has 22 heavy (non-hydrogen) atoms. The Morgan fingerprint density at radius 1 is 1.41 bits per heavy atom. The maximum absolute atomic E-state index is 11.9. The van der Waals surface area contributed by atoms with Crippen LogP contribution in [0.3, 0.4) is 0 Å². The first-order valence-corrected chi connectivity index (χ1v) is 7.74. The van der Waals surface area contributed by atoms with Crippen LogP contribution in [0.2, 0.25) is 0 Å². The van der Waals surface area contributed by atoms with Crippen LogP contribution in [-0.2, 0) is 17.8 Å². The molecule has 1 atom stereocenters. The van der Waals surface area contributed by atoms with Crippen molar-refractivity contribution in [2.45, 2.75) is 25.8 Å². The average Bonchev–Trinajstić information content (AvgIpc) is 3.06. The Hall–Kier alpha value is -2.30. The minimum absolute atomic E-state index is 0.110. The van der Waals surface area contributed by atoms with Gasteiger partial charge in [0.25, 0.3) is 0 Å². The number of carbonyl (C=O) groups excluding carboxylic acids is 1. The zero-order valence-corrected chi connectivity index (χ0v) is 12.6. The van der Waals surface area contributed by atoms with Crippen molar-refractivity contribution in [2.24, 2.45) is 5.92 Å².